The van der Waals surface area contributed by atoms with E-state index >= 15 is 0 Å². The summed E-state index contributed by atoms with van der Waals surface area (Å²) >= 11 is 1.80. The van der Waals surface area contributed by atoms with Crippen molar-refractivity contribution in [2.24, 2.45) is 5.73 Å². The summed E-state index contributed by atoms with van der Waals surface area (Å²) in [5.74, 6) is 0.892. The molecule has 3 N–H and O–H groups in total. The fourth-order valence-electron chi connectivity index (χ4n) is 3.18. The Kier molecular flexibility index (Phi) is 7.36. The molecule has 25 heavy (non-hydrogen) atoms. The molecular weight excluding hydrogens is 352 g/mol. The summed E-state index contributed by atoms with van der Waals surface area (Å²) in [6.45, 7) is 0.518. The van der Waals surface area contributed by atoms with Gasteiger partial charge in [0, 0.05) is 22.8 Å². The van der Waals surface area contributed by atoms with Crippen LogP contribution in [0.5, 0.6) is 0 Å². The minimum Gasteiger partial charge on any atom is -0.345 e. The highest BCUT2D eigenvalue weighted by molar-refractivity contribution is 7.98. The van der Waals surface area contributed by atoms with Crippen LogP contribution in [0.2, 0.25) is 0 Å². The van der Waals surface area contributed by atoms with Crippen LogP contribution >= 0.6 is 24.2 Å². The topological polar surface area (TPSA) is 55.1 Å². The zero-order valence-corrected chi connectivity index (χ0v) is 15.9. The number of nitrogens with one attached hydrogen (secondary N) is 1. The lowest BCUT2D eigenvalue weighted by Crippen LogP contribution is -2.51. The van der Waals surface area contributed by atoms with Gasteiger partial charge in [0.05, 0.1) is 5.54 Å². The molecule has 5 heteroatoms. The first-order valence-electron chi connectivity index (χ1n) is 8.50. The molecule has 1 aliphatic carbocycles. The minimum absolute atomic E-state index is 0. The number of nitrogens with two attached hydrogens (primary N) is 1. The van der Waals surface area contributed by atoms with E-state index in [1.807, 2.05) is 42.5 Å². The van der Waals surface area contributed by atoms with Gasteiger partial charge in [-0.25, -0.2) is 0 Å². The predicted octanol–water partition coefficient (Wildman–Crippen LogP) is 4.40. The third kappa shape index (κ3) is 5.24. The van der Waals surface area contributed by atoms with E-state index in [9.17, 15) is 4.79 Å². The number of benzene rings is 2. The first kappa shape index (κ1) is 19.8. The van der Waals surface area contributed by atoms with Crippen molar-refractivity contribution in [3.63, 3.8) is 0 Å². The van der Waals surface area contributed by atoms with E-state index in [2.05, 4.69) is 17.4 Å². The zero-order valence-electron chi connectivity index (χ0n) is 14.2. The monoisotopic (exact) mass is 376 g/mol. The first-order valence-corrected chi connectivity index (χ1v) is 9.49. The SMILES string of the molecule is Cl.NCC1(NC(=O)c2ccc(CSc3ccccc3)cc2)CCCC1. The number of rotatable bonds is 6. The summed E-state index contributed by atoms with van der Waals surface area (Å²) in [5.41, 5.74) is 7.63. The van der Waals surface area contributed by atoms with Gasteiger partial charge in [0.2, 0.25) is 0 Å². The summed E-state index contributed by atoms with van der Waals surface area (Å²) in [6.07, 6.45) is 4.27. The van der Waals surface area contributed by atoms with E-state index < -0.39 is 0 Å². The summed E-state index contributed by atoms with van der Waals surface area (Å²) in [5, 5.41) is 3.17. The van der Waals surface area contributed by atoms with Gasteiger partial charge in [-0.05, 0) is 42.7 Å². The maximum atomic E-state index is 12.5. The second kappa shape index (κ2) is 9.27. The van der Waals surface area contributed by atoms with Crippen LogP contribution in [0, 0.1) is 0 Å². The number of halogens is 1. The molecule has 0 saturated heterocycles. The van der Waals surface area contributed by atoms with Gasteiger partial charge in [0.15, 0.2) is 0 Å². The van der Waals surface area contributed by atoms with Gasteiger partial charge in [-0.15, -0.1) is 24.2 Å². The van der Waals surface area contributed by atoms with Crippen LogP contribution in [0.25, 0.3) is 0 Å². The maximum Gasteiger partial charge on any atom is 0.251 e. The number of amides is 1. The molecule has 0 atom stereocenters. The van der Waals surface area contributed by atoms with Crippen LogP contribution in [0.15, 0.2) is 59.5 Å². The van der Waals surface area contributed by atoms with E-state index in [-0.39, 0.29) is 23.9 Å². The van der Waals surface area contributed by atoms with Gasteiger partial charge in [0.25, 0.3) is 5.91 Å². The Morgan fingerprint density at radius 1 is 1.04 bits per heavy atom. The van der Waals surface area contributed by atoms with Crippen LogP contribution < -0.4 is 11.1 Å². The fourth-order valence-corrected chi connectivity index (χ4v) is 4.06. The van der Waals surface area contributed by atoms with E-state index in [0.717, 1.165) is 31.4 Å². The van der Waals surface area contributed by atoms with Crippen LogP contribution in [-0.4, -0.2) is 18.0 Å². The largest absolute Gasteiger partial charge is 0.345 e. The molecule has 3 rings (SSSR count). The van der Waals surface area contributed by atoms with Crippen molar-refractivity contribution in [1.82, 2.24) is 5.32 Å². The third-order valence-corrected chi connectivity index (χ3v) is 5.78. The van der Waals surface area contributed by atoms with Gasteiger partial charge in [-0.3, -0.25) is 4.79 Å². The highest BCUT2D eigenvalue weighted by Crippen LogP contribution is 2.29. The van der Waals surface area contributed by atoms with Gasteiger partial charge in [0.1, 0.15) is 0 Å². The van der Waals surface area contributed by atoms with Crippen LogP contribution in [0.3, 0.4) is 0 Å². The van der Waals surface area contributed by atoms with Crippen molar-refractivity contribution < 1.29 is 4.79 Å². The Morgan fingerprint density at radius 3 is 2.28 bits per heavy atom. The van der Waals surface area contributed by atoms with E-state index in [4.69, 9.17) is 5.73 Å². The molecule has 0 aliphatic heterocycles. The molecule has 0 radical (unpaired) electrons. The number of hydrogen-bond acceptors (Lipinski definition) is 3. The van der Waals surface area contributed by atoms with E-state index in [1.165, 1.54) is 10.5 Å². The number of hydrogen-bond donors (Lipinski definition) is 2. The molecule has 1 aliphatic rings. The molecule has 1 saturated carbocycles. The highest BCUT2D eigenvalue weighted by Gasteiger charge is 2.33. The molecule has 134 valence electrons. The van der Waals surface area contributed by atoms with Crippen LogP contribution in [-0.2, 0) is 5.75 Å². The molecule has 0 bridgehead atoms. The standard InChI is InChI=1S/C20H24N2OS.ClH/c21-15-20(12-4-5-13-20)22-19(23)17-10-8-16(9-11-17)14-24-18-6-2-1-3-7-18;/h1-3,6-11H,4-5,12-15,21H2,(H,22,23);1H. The Bertz CT molecular complexity index is 670. The first-order chi connectivity index (χ1) is 11.7. The second-order valence-corrected chi connectivity index (χ2v) is 7.49. The van der Waals surface area contributed by atoms with Crippen molar-refractivity contribution in [2.75, 3.05) is 6.54 Å². The molecule has 0 spiro atoms. The van der Waals surface area contributed by atoms with E-state index in [0.29, 0.717) is 12.1 Å². The Morgan fingerprint density at radius 2 is 1.68 bits per heavy atom. The van der Waals surface area contributed by atoms with Gasteiger partial charge >= 0.3 is 0 Å². The van der Waals surface area contributed by atoms with Gasteiger partial charge in [-0.2, -0.15) is 0 Å². The third-order valence-electron chi connectivity index (χ3n) is 4.69. The van der Waals surface area contributed by atoms with Crippen LogP contribution in [0.1, 0.15) is 41.6 Å². The molecule has 1 amide bonds. The maximum absolute atomic E-state index is 12.5. The summed E-state index contributed by atoms with van der Waals surface area (Å²) < 4.78 is 0. The lowest BCUT2D eigenvalue weighted by molar-refractivity contribution is 0.0903. The van der Waals surface area contributed by atoms with E-state index in [1.54, 1.807) is 11.8 Å². The van der Waals surface area contributed by atoms with Crippen molar-refractivity contribution in [2.45, 2.75) is 41.9 Å². The summed E-state index contributed by atoms with van der Waals surface area (Å²) in [7, 11) is 0. The molecule has 0 heterocycles. The molecule has 2 aromatic rings. The smallest absolute Gasteiger partial charge is 0.251 e. The molecule has 1 fully saturated rings. The average Bonchev–Trinajstić information content (AvgIpc) is 3.10. The van der Waals surface area contributed by atoms with Gasteiger partial charge in [-0.1, -0.05) is 43.2 Å². The predicted molar refractivity (Wildman–Crippen MR) is 107 cm³/mol. The Labute approximate surface area is 160 Å². The second-order valence-electron chi connectivity index (χ2n) is 6.44. The number of carbonyl (C=O) groups excluding carboxylic acids is 1. The molecule has 2 aromatic carbocycles. The molecular formula is C20H25ClN2OS. The molecule has 3 nitrogen and oxygen atoms in total. The molecule has 0 aromatic heterocycles. The molecule has 0 unspecified atom stereocenters. The van der Waals surface area contributed by atoms with Crippen molar-refractivity contribution >= 4 is 30.1 Å². The summed E-state index contributed by atoms with van der Waals surface area (Å²) in [6, 6.07) is 18.2. The normalized spacial score (nSPS) is 15.4. The zero-order chi connectivity index (χ0) is 16.8. The number of thioether (sulfide) groups is 1. The Balaban J connectivity index is 0.00000225. The average molecular weight is 377 g/mol. The van der Waals surface area contributed by atoms with Crippen molar-refractivity contribution in [1.29, 1.82) is 0 Å². The quantitative estimate of drug-likeness (QED) is 0.734. The fraction of sp³-hybridized carbons (Fsp3) is 0.350. The van der Waals surface area contributed by atoms with Gasteiger partial charge < -0.3 is 11.1 Å². The lowest BCUT2D eigenvalue weighted by atomic mass is 9.97. The minimum atomic E-state index is -0.196. The number of carbonyl (C=O) groups is 1. The van der Waals surface area contributed by atoms with Crippen LogP contribution in [0.4, 0.5) is 0 Å². The Hall–Kier alpha value is -1.49. The van der Waals surface area contributed by atoms with Crippen molar-refractivity contribution in [3.05, 3.63) is 65.7 Å². The highest BCUT2D eigenvalue weighted by atomic mass is 35.5. The van der Waals surface area contributed by atoms with Crippen molar-refractivity contribution in [3.8, 4) is 0 Å². The lowest BCUT2D eigenvalue weighted by Gasteiger charge is -2.28. The summed E-state index contributed by atoms with van der Waals surface area (Å²) in [4.78, 5) is 13.7.